The molecular weight excluding hydrogens is 256 g/mol. The summed E-state index contributed by atoms with van der Waals surface area (Å²) >= 11 is 0. The van der Waals surface area contributed by atoms with Crippen molar-refractivity contribution in [1.29, 1.82) is 0 Å². The van der Waals surface area contributed by atoms with Crippen LogP contribution in [0.1, 0.15) is 29.9 Å². The fourth-order valence-electron chi connectivity index (χ4n) is 2.62. The van der Waals surface area contributed by atoms with Crippen molar-refractivity contribution < 1.29 is 19.4 Å². The lowest BCUT2D eigenvalue weighted by Gasteiger charge is -2.19. The zero-order valence-corrected chi connectivity index (χ0v) is 11.8. The van der Waals surface area contributed by atoms with E-state index in [2.05, 4.69) is 4.74 Å². The van der Waals surface area contributed by atoms with Crippen LogP contribution in [0, 0.1) is 0 Å². The van der Waals surface area contributed by atoms with E-state index in [-0.39, 0.29) is 5.92 Å². The summed E-state index contributed by atoms with van der Waals surface area (Å²) in [6, 6.07) is 5.86. The first-order valence-electron chi connectivity index (χ1n) is 6.76. The molecule has 0 radical (unpaired) electrons. The van der Waals surface area contributed by atoms with Crippen molar-refractivity contribution in [3.63, 3.8) is 0 Å². The highest BCUT2D eigenvalue weighted by molar-refractivity contribution is 5.82. The van der Waals surface area contributed by atoms with Gasteiger partial charge in [0.2, 0.25) is 0 Å². The topological polar surface area (TPSA) is 55.8 Å². The maximum atomic E-state index is 11.2. The minimum absolute atomic E-state index is 0.183. The third-order valence-corrected chi connectivity index (χ3v) is 3.71. The number of carbonyl (C=O) groups excluding carboxylic acids is 1. The zero-order chi connectivity index (χ0) is 14.5. The predicted molar refractivity (Wildman–Crippen MR) is 75.8 cm³/mol. The van der Waals surface area contributed by atoms with E-state index in [0.29, 0.717) is 6.42 Å². The molecule has 0 saturated heterocycles. The number of aliphatic hydroxyl groups is 1. The summed E-state index contributed by atoms with van der Waals surface area (Å²) in [7, 11) is 2.98. The second kappa shape index (κ2) is 6.57. The standard InChI is InChI=1S/C16H20O4/c1-19-12-6-7-13-11(10-12)4-3-5-15(17)14(13)8-9-16(18)20-2/h6-10,14-15,17H,3-5H2,1-2H3/b9-8+. The van der Waals surface area contributed by atoms with E-state index in [1.807, 2.05) is 18.2 Å². The fourth-order valence-corrected chi connectivity index (χ4v) is 2.62. The summed E-state index contributed by atoms with van der Waals surface area (Å²) in [5.41, 5.74) is 2.22. The van der Waals surface area contributed by atoms with Crippen molar-refractivity contribution in [1.82, 2.24) is 0 Å². The number of aliphatic hydroxyl groups excluding tert-OH is 1. The van der Waals surface area contributed by atoms with Crippen LogP contribution in [0.2, 0.25) is 0 Å². The van der Waals surface area contributed by atoms with Gasteiger partial charge in [-0.15, -0.1) is 0 Å². The van der Waals surface area contributed by atoms with Crippen molar-refractivity contribution in [2.24, 2.45) is 0 Å². The van der Waals surface area contributed by atoms with Crippen LogP contribution in [-0.2, 0) is 16.0 Å². The Morgan fingerprint density at radius 3 is 2.90 bits per heavy atom. The molecule has 0 aliphatic heterocycles. The molecule has 2 rings (SSSR count). The van der Waals surface area contributed by atoms with Gasteiger partial charge in [0.1, 0.15) is 5.75 Å². The summed E-state index contributed by atoms with van der Waals surface area (Å²) in [6.07, 6.45) is 5.18. The number of rotatable bonds is 3. The first-order valence-corrected chi connectivity index (χ1v) is 6.76. The summed E-state index contributed by atoms with van der Waals surface area (Å²) in [5.74, 6) is 0.227. The Bertz CT molecular complexity index is 507. The number of aryl methyl sites for hydroxylation is 1. The molecule has 0 amide bonds. The number of hydrogen-bond acceptors (Lipinski definition) is 4. The number of methoxy groups -OCH3 is 2. The van der Waals surface area contributed by atoms with Gasteiger partial charge in [-0.1, -0.05) is 12.1 Å². The first-order chi connectivity index (χ1) is 9.65. The summed E-state index contributed by atoms with van der Waals surface area (Å²) < 4.78 is 9.85. The molecule has 1 aromatic rings. The maximum Gasteiger partial charge on any atom is 0.330 e. The van der Waals surface area contributed by atoms with Gasteiger partial charge in [-0.3, -0.25) is 0 Å². The van der Waals surface area contributed by atoms with E-state index in [4.69, 9.17) is 4.74 Å². The Balaban J connectivity index is 2.35. The van der Waals surface area contributed by atoms with Crippen molar-refractivity contribution in [2.45, 2.75) is 31.3 Å². The van der Waals surface area contributed by atoms with Crippen molar-refractivity contribution in [3.8, 4) is 5.75 Å². The maximum absolute atomic E-state index is 11.2. The molecule has 4 heteroatoms. The first kappa shape index (κ1) is 14.6. The average Bonchev–Trinajstić information content (AvgIpc) is 2.62. The molecule has 0 fully saturated rings. The minimum Gasteiger partial charge on any atom is -0.497 e. The second-order valence-electron chi connectivity index (χ2n) is 4.93. The van der Waals surface area contributed by atoms with Gasteiger partial charge >= 0.3 is 5.97 Å². The van der Waals surface area contributed by atoms with Gasteiger partial charge in [-0.2, -0.15) is 0 Å². The molecule has 2 unspecified atom stereocenters. The number of carbonyl (C=O) groups is 1. The lowest BCUT2D eigenvalue weighted by atomic mass is 9.90. The van der Waals surface area contributed by atoms with Gasteiger partial charge in [0.15, 0.2) is 0 Å². The Labute approximate surface area is 119 Å². The third kappa shape index (κ3) is 3.20. The van der Waals surface area contributed by atoms with Gasteiger partial charge in [0, 0.05) is 12.0 Å². The highest BCUT2D eigenvalue weighted by Gasteiger charge is 2.24. The molecule has 0 bridgehead atoms. The predicted octanol–water partition coefficient (Wildman–Crippen LogP) is 2.21. The van der Waals surface area contributed by atoms with E-state index in [0.717, 1.165) is 24.2 Å². The lowest BCUT2D eigenvalue weighted by molar-refractivity contribution is -0.134. The largest absolute Gasteiger partial charge is 0.497 e. The zero-order valence-electron chi connectivity index (χ0n) is 11.8. The van der Waals surface area contributed by atoms with E-state index >= 15 is 0 Å². The van der Waals surface area contributed by atoms with E-state index in [9.17, 15) is 9.90 Å². The molecule has 20 heavy (non-hydrogen) atoms. The van der Waals surface area contributed by atoms with Gasteiger partial charge in [0.25, 0.3) is 0 Å². The summed E-state index contributed by atoms with van der Waals surface area (Å²) in [5, 5.41) is 10.3. The van der Waals surface area contributed by atoms with Gasteiger partial charge in [-0.05, 0) is 42.5 Å². The number of hydrogen-bond donors (Lipinski definition) is 1. The molecule has 0 heterocycles. The molecule has 2 atom stereocenters. The van der Waals surface area contributed by atoms with E-state index in [1.54, 1.807) is 13.2 Å². The van der Waals surface area contributed by atoms with E-state index < -0.39 is 12.1 Å². The number of benzene rings is 1. The van der Waals surface area contributed by atoms with E-state index in [1.165, 1.54) is 18.7 Å². The van der Waals surface area contributed by atoms with Crippen molar-refractivity contribution in [3.05, 3.63) is 41.5 Å². The fraction of sp³-hybridized carbons (Fsp3) is 0.438. The van der Waals surface area contributed by atoms with Crippen LogP contribution in [0.25, 0.3) is 0 Å². The summed E-state index contributed by atoms with van der Waals surface area (Å²) in [4.78, 5) is 11.2. The Hall–Kier alpha value is -1.81. The number of ether oxygens (including phenoxy) is 2. The third-order valence-electron chi connectivity index (χ3n) is 3.71. The smallest absolute Gasteiger partial charge is 0.330 e. The quantitative estimate of drug-likeness (QED) is 0.522. The van der Waals surface area contributed by atoms with Crippen LogP contribution in [0.5, 0.6) is 5.75 Å². The molecule has 1 N–H and O–H groups in total. The van der Waals surface area contributed by atoms with Crippen LogP contribution >= 0.6 is 0 Å². The molecular formula is C16H20O4. The van der Waals surface area contributed by atoms with Crippen LogP contribution in [-0.4, -0.2) is 31.4 Å². The average molecular weight is 276 g/mol. The Morgan fingerprint density at radius 1 is 1.40 bits per heavy atom. The highest BCUT2D eigenvalue weighted by atomic mass is 16.5. The van der Waals surface area contributed by atoms with Gasteiger partial charge < -0.3 is 14.6 Å². The molecule has 1 aliphatic carbocycles. The molecule has 4 nitrogen and oxygen atoms in total. The Morgan fingerprint density at radius 2 is 2.20 bits per heavy atom. The highest BCUT2D eigenvalue weighted by Crippen LogP contribution is 2.33. The van der Waals surface area contributed by atoms with Crippen LogP contribution in [0.3, 0.4) is 0 Å². The van der Waals surface area contributed by atoms with Crippen LogP contribution in [0.4, 0.5) is 0 Å². The second-order valence-corrected chi connectivity index (χ2v) is 4.93. The van der Waals surface area contributed by atoms with Crippen molar-refractivity contribution in [2.75, 3.05) is 14.2 Å². The molecule has 108 valence electrons. The molecule has 1 aliphatic rings. The SMILES string of the molecule is COC(=O)/C=C/C1c2ccc(OC)cc2CCCC1O. The van der Waals surface area contributed by atoms with Gasteiger partial charge in [0.05, 0.1) is 20.3 Å². The molecule has 1 aromatic carbocycles. The van der Waals surface area contributed by atoms with Crippen LogP contribution in [0.15, 0.2) is 30.4 Å². The number of fused-ring (bicyclic) bond motifs is 1. The minimum atomic E-state index is -0.481. The molecule has 0 aromatic heterocycles. The molecule has 0 spiro atoms. The lowest BCUT2D eigenvalue weighted by Crippen LogP contribution is -2.16. The number of esters is 1. The Kier molecular flexibility index (Phi) is 4.79. The normalized spacial score (nSPS) is 22.1. The monoisotopic (exact) mass is 276 g/mol. The van der Waals surface area contributed by atoms with Crippen LogP contribution < -0.4 is 4.74 Å². The summed E-state index contributed by atoms with van der Waals surface area (Å²) in [6.45, 7) is 0. The van der Waals surface area contributed by atoms with Gasteiger partial charge in [-0.25, -0.2) is 4.79 Å². The molecule has 0 saturated carbocycles. The van der Waals surface area contributed by atoms with Crippen molar-refractivity contribution >= 4 is 5.97 Å².